The minimum Gasteiger partial charge on any atom is -0.354 e. The minimum atomic E-state index is -0.462. The van der Waals surface area contributed by atoms with Crippen LogP contribution in [0.1, 0.15) is 39.7 Å². The molecule has 0 fully saturated rings. The molecule has 21 heavy (non-hydrogen) atoms. The van der Waals surface area contributed by atoms with Crippen LogP contribution < -0.4 is 5.32 Å². The topological polar surface area (TPSA) is 49.4 Å². The normalized spacial score (nSPS) is 12.0. The number of rotatable bonds is 7. The molecule has 1 aromatic rings. The molecule has 0 saturated heterocycles. The Morgan fingerprint density at radius 2 is 1.76 bits per heavy atom. The number of nitrogens with one attached hydrogen (secondary N) is 1. The Hall–Kier alpha value is -1.84. The summed E-state index contributed by atoms with van der Waals surface area (Å²) in [5, 5.41) is 2.89. The summed E-state index contributed by atoms with van der Waals surface area (Å²) in [6, 6.07) is 9.29. The van der Waals surface area contributed by atoms with Crippen molar-refractivity contribution in [2.75, 3.05) is 6.54 Å². The van der Waals surface area contributed by atoms with Crippen LogP contribution in [0, 0.1) is 5.92 Å². The molecule has 0 bridgehead atoms. The monoisotopic (exact) mass is 290 g/mol. The van der Waals surface area contributed by atoms with Crippen LogP contribution in [0.2, 0.25) is 0 Å². The van der Waals surface area contributed by atoms with E-state index in [9.17, 15) is 9.59 Å². The molecule has 2 amide bonds. The number of carbonyl (C=O) groups is 2. The molecule has 0 radical (unpaired) electrons. The average molecular weight is 290 g/mol. The van der Waals surface area contributed by atoms with Crippen molar-refractivity contribution < 1.29 is 9.59 Å². The molecule has 4 nitrogen and oxygen atoms in total. The molecule has 0 aromatic heterocycles. The maximum Gasteiger partial charge on any atom is 0.242 e. The number of hydrogen-bond donors (Lipinski definition) is 1. The largest absolute Gasteiger partial charge is 0.354 e. The smallest absolute Gasteiger partial charge is 0.242 e. The van der Waals surface area contributed by atoms with Crippen molar-refractivity contribution in [2.45, 2.75) is 46.7 Å². The Morgan fingerprint density at radius 3 is 2.29 bits per heavy atom. The van der Waals surface area contributed by atoms with Gasteiger partial charge in [0, 0.05) is 19.5 Å². The molecule has 0 aliphatic rings. The standard InChI is InChI=1S/C17H26N2O2/c1-5-16(20)19(12-15-9-7-6-8-10-15)14(4)17(21)18-11-13(2)3/h6-10,13-14H,5,11-12H2,1-4H3,(H,18,21)/t14-/m1/s1. The van der Waals surface area contributed by atoms with Gasteiger partial charge in [0.2, 0.25) is 11.8 Å². The van der Waals surface area contributed by atoms with Crippen LogP contribution in [0.4, 0.5) is 0 Å². The van der Waals surface area contributed by atoms with Gasteiger partial charge in [-0.25, -0.2) is 0 Å². The van der Waals surface area contributed by atoms with Crippen LogP contribution in [0.15, 0.2) is 30.3 Å². The highest BCUT2D eigenvalue weighted by molar-refractivity contribution is 5.87. The number of nitrogens with zero attached hydrogens (tertiary/aromatic N) is 1. The highest BCUT2D eigenvalue weighted by Gasteiger charge is 2.24. The van der Waals surface area contributed by atoms with Crippen LogP contribution in [-0.4, -0.2) is 29.3 Å². The van der Waals surface area contributed by atoms with E-state index in [0.29, 0.717) is 25.4 Å². The minimum absolute atomic E-state index is 0.00829. The molecule has 0 aliphatic heterocycles. The summed E-state index contributed by atoms with van der Waals surface area (Å²) < 4.78 is 0. The third-order valence-corrected chi connectivity index (χ3v) is 3.35. The second kappa shape index (κ2) is 8.45. The molecule has 1 aromatic carbocycles. The first-order valence-corrected chi connectivity index (χ1v) is 7.56. The van der Waals surface area contributed by atoms with Gasteiger partial charge in [0.05, 0.1) is 0 Å². The van der Waals surface area contributed by atoms with E-state index in [0.717, 1.165) is 5.56 Å². The van der Waals surface area contributed by atoms with Crippen LogP contribution in [0.25, 0.3) is 0 Å². The van der Waals surface area contributed by atoms with E-state index in [1.807, 2.05) is 51.1 Å². The van der Waals surface area contributed by atoms with Crippen molar-refractivity contribution in [1.29, 1.82) is 0 Å². The first-order valence-electron chi connectivity index (χ1n) is 7.56. The quantitative estimate of drug-likeness (QED) is 0.839. The Bertz CT molecular complexity index is 457. The van der Waals surface area contributed by atoms with Gasteiger partial charge in [-0.3, -0.25) is 9.59 Å². The van der Waals surface area contributed by atoms with Gasteiger partial charge in [-0.1, -0.05) is 51.1 Å². The molecule has 0 aliphatic carbocycles. The summed E-state index contributed by atoms with van der Waals surface area (Å²) in [4.78, 5) is 26.0. The number of carbonyl (C=O) groups excluding carboxylic acids is 2. The van der Waals surface area contributed by atoms with Crippen molar-refractivity contribution in [1.82, 2.24) is 10.2 Å². The van der Waals surface area contributed by atoms with Crippen LogP contribution in [0.5, 0.6) is 0 Å². The zero-order valence-electron chi connectivity index (χ0n) is 13.4. The third-order valence-electron chi connectivity index (χ3n) is 3.35. The first-order chi connectivity index (χ1) is 9.95. The van der Waals surface area contributed by atoms with Gasteiger partial charge >= 0.3 is 0 Å². The summed E-state index contributed by atoms with van der Waals surface area (Å²) in [6.45, 7) is 8.78. The summed E-state index contributed by atoms with van der Waals surface area (Å²) in [5.74, 6) is 0.290. The fourth-order valence-corrected chi connectivity index (χ4v) is 2.02. The molecule has 4 heteroatoms. The van der Waals surface area contributed by atoms with Crippen LogP contribution in [0.3, 0.4) is 0 Å². The van der Waals surface area contributed by atoms with E-state index in [4.69, 9.17) is 0 Å². The lowest BCUT2D eigenvalue weighted by Gasteiger charge is -2.28. The maximum atomic E-state index is 12.2. The lowest BCUT2D eigenvalue weighted by Crippen LogP contribution is -2.48. The van der Waals surface area contributed by atoms with E-state index in [1.165, 1.54) is 0 Å². The predicted molar refractivity (Wildman–Crippen MR) is 84.6 cm³/mol. The number of amides is 2. The molecule has 0 spiro atoms. The Kier molecular flexibility index (Phi) is 6.92. The molecular formula is C17H26N2O2. The zero-order valence-corrected chi connectivity index (χ0v) is 13.4. The highest BCUT2D eigenvalue weighted by atomic mass is 16.2. The molecule has 1 atom stereocenters. The molecular weight excluding hydrogens is 264 g/mol. The molecule has 1 rings (SSSR count). The van der Waals surface area contributed by atoms with Crippen LogP contribution >= 0.6 is 0 Å². The van der Waals surface area contributed by atoms with E-state index >= 15 is 0 Å². The van der Waals surface area contributed by atoms with E-state index in [2.05, 4.69) is 5.32 Å². The lowest BCUT2D eigenvalue weighted by atomic mass is 10.1. The molecule has 0 unspecified atom stereocenters. The predicted octanol–water partition coefficient (Wildman–Crippen LogP) is 2.59. The van der Waals surface area contributed by atoms with Gasteiger partial charge in [0.25, 0.3) is 0 Å². The van der Waals surface area contributed by atoms with Crippen molar-refractivity contribution in [3.8, 4) is 0 Å². The van der Waals surface area contributed by atoms with Gasteiger partial charge in [0.1, 0.15) is 6.04 Å². The fraction of sp³-hybridized carbons (Fsp3) is 0.529. The molecule has 116 valence electrons. The molecule has 0 saturated carbocycles. The first kappa shape index (κ1) is 17.2. The second-order valence-corrected chi connectivity index (χ2v) is 5.68. The van der Waals surface area contributed by atoms with Crippen LogP contribution in [-0.2, 0) is 16.1 Å². The Morgan fingerprint density at radius 1 is 1.14 bits per heavy atom. The zero-order chi connectivity index (χ0) is 15.8. The fourth-order valence-electron chi connectivity index (χ4n) is 2.02. The maximum absolute atomic E-state index is 12.2. The molecule has 0 heterocycles. The van der Waals surface area contributed by atoms with E-state index in [-0.39, 0.29) is 11.8 Å². The van der Waals surface area contributed by atoms with E-state index < -0.39 is 6.04 Å². The third kappa shape index (κ3) is 5.58. The summed E-state index contributed by atoms with van der Waals surface area (Å²) >= 11 is 0. The summed E-state index contributed by atoms with van der Waals surface area (Å²) in [5.41, 5.74) is 1.03. The van der Waals surface area contributed by atoms with Crippen molar-refractivity contribution in [2.24, 2.45) is 5.92 Å². The Labute approximate surface area is 127 Å². The molecule has 1 N–H and O–H groups in total. The van der Waals surface area contributed by atoms with Gasteiger partial charge in [-0.15, -0.1) is 0 Å². The average Bonchev–Trinajstić information content (AvgIpc) is 2.49. The number of hydrogen-bond acceptors (Lipinski definition) is 2. The second-order valence-electron chi connectivity index (χ2n) is 5.68. The van der Waals surface area contributed by atoms with Gasteiger partial charge in [-0.05, 0) is 18.4 Å². The summed E-state index contributed by atoms with van der Waals surface area (Å²) in [7, 11) is 0. The lowest BCUT2D eigenvalue weighted by molar-refractivity contribution is -0.140. The van der Waals surface area contributed by atoms with Crippen molar-refractivity contribution in [3.05, 3.63) is 35.9 Å². The van der Waals surface area contributed by atoms with Gasteiger partial charge in [0.15, 0.2) is 0 Å². The van der Waals surface area contributed by atoms with Gasteiger partial charge in [-0.2, -0.15) is 0 Å². The highest BCUT2D eigenvalue weighted by Crippen LogP contribution is 2.10. The van der Waals surface area contributed by atoms with Gasteiger partial charge < -0.3 is 10.2 Å². The SMILES string of the molecule is CCC(=O)N(Cc1ccccc1)[C@H](C)C(=O)NCC(C)C. The van der Waals surface area contributed by atoms with Crippen molar-refractivity contribution in [3.63, 3.8) is 0 Å². The summed E-state index contributed by atoms with van der Waals surface area (Å²) in [6.07, 6.45) is 0.397. The Balaban J connectivity index is 2.77. The van der Waals surface area contributed by atoms with Crippen molar-refractivity contribution >= 4 is 11.8 Å². The van der Waals surface area contributed by atoms with E-state index in [1.54, 1.807) is 11.8 Å². The number of benzene rings is 1.